The Bertz CT molecular complexity index is 736. The molecule has 2 unspecified atom stereocenters. The van der Waals surface area contributed by atoms with Crippen LogP contribution in [0.5, 0.6) is 0 Å². The van der Waals surface area contributed by atoms with Gasteiger partial charge in [-0.25, -0.2) is 19.6 Å². The van der Waals surface area contributed by atoms with E-state index in [1.807, 2.05) is 0 Å². The molecule has 1 aliphatic rings. The van der Waals surface area contributed by atoms with Crippen LogP contribution in [-0.2, 0) is 14.3 Å². The summed E-state index contributed by atoms with van der Waals surface area (Å²) in [6.45, 7) is 9.48. The molecule has 0 aliphatic carbocycles. The first kappa shape index (κ1) is 27.2. The van der Waals surface area contributed by atoms with Crippen LogP contribution < -0.4 is 5.32 Å². The first-order valence-electron chi connectivity index (χ1n) is 10.2. The number of hydrazine groups is 1. The summed E-state index contributed by atoms with van der Waals surface area (Å²) in [4.78, 5) is 50.9. The molecule has 0 aromatic carbocycles. The SMILES string of the molecule is C=CC(C)N(CC(F)(F)F)C(=O)N(C1CCC(=O)NC1=O)N(CCC)C(=O)OC(C)(C)C. The number of nitrogens with one attached hydrogen (secondary N) is 1. The van der Waals surface area contributed by atoms with Crippen LogP contribution in [-0.4, -0.2) is 75.8 Å². The molecule has 9 nitrogen and oxygen atoms in total. The topological polar surface area (TPSA) is 99.3 Å². The molecule has 1 rings (SSSR count). The summed E-state index contributed by atoms with van der Waals surface area (Å²) in [6.07, 6.45) is -4.61. The molecule has 0 aromatic heterocycles. The van der Waals surface area contributed by atoms with E-state index in [9.17, 15) is 32.3 Å². The molecule has 0 aromatic rings. The monoisotopic (exact) mass is 464 g/mol. The van der Waals surface area contributed by atoms with E-state index in [-0.39, 0.29) is 19.4 Å². The molecule has 1 saturated heterocycles. The first-order chi connectivity index (χ1) is 14.6. The van der Waals surface area contributed by atoms with Crippen LogP contribution in [0.1, 0.15) is 53.9 Å². The maximum absolute atomic E-state index is 13.4. The number of hydrogen-bond acceptors (Lipinski definition) is 5. The number of imide groups is 1. The lowest BCUT2D eigenvalue weighted by Crippen LogP contribution is -2.65. The van der Waals surface area contributed by atoms with E-state index in [1.165, 1.54) is 6.92 Å². The minimum atomic E-state index is -4.75. The van der Waals surface area contributed by atoms with Gasteiger partial charge in [-0.05, 0) is 40.5 Å². The molecular weight excluding hydrogens is 433 g/mol. The van der Waals surface area contributed by atoms with E-state index in [4.69, 9.17) is 4.74 Å². The molecule has 0 spiro atoms. The highest BCUT2D eigenvalue weighted by Crippen LogP contribution is 2.25. The van der Waals surface area contributed by atoms with Gasteiger partial charge in [0, 0.05) is 19.0 Å². The molecule has 1 fully saturated rings. The standard InChI is InChI=1S/C20H31F3N4O5/c1-7-11-26(18(31)32-19(4,5)6)27(14-9-10-15(28)24-16(14)29)17(30)25(13(3)8-2)12-20(21,22)23/h8,13-14H,2,7,9-12H2,1,3-6H3,(H,24,28,29). The van der Waals surface area contributed by atoms with Crippen molar-refractivity contribution in [2.45, 2.75) is 77.7 Å². The van der Waals surface area contributed by atoms with Crippen molar-refractivity contribution in [1.82, 2.24) is 20.2 Å². The van der Waals surface area contributed by atoms with Crippen molar-refractivity contribution in [2.24, 2.45) is 0 Å². The van der Waals surface area contributed by atoms with Gasteiger partial charge < -0.3 is 9.64 Å². The van der Waals surface area contributed by atoms with Gasteiger partial charge in [-0.3, -0.25) is 14.9 Å². The van der Waals surface area contributed by atoms with Crippen LogP contribution in [0.2, 0.25) is 0 Å². The highest BCUT2D eigenvalue weighted by Gasteiger charge is 2.45. The Morgan fingerprint density at radius 2 is 1.88 bits per heavy atom. The van der Waals surface area contributed by atoms with Gasteiger partial charge in [0.05, 0.1) is 0 Å². The van der Waals surface area contributed by atoms with Crippen molar-refractivity contribution < 1.29 is 37.1 Å². The minimum absolute atomic E-state index is 0.110. The molecule has 0 saturated carbocycles. The third-order valence-corrected chi connectivity index (χ3v) is 4.43. The number of alkyl halides is 3. The van der Waals surface area contributed by atoms with Gasteiger partial charge in [0.1, 0.15) is 18.2 Å². The fourth-order valence-corrected chi connectivity index (χ4v) is 2.97. The maximum Gasteiger partial charge on any atom is 0.429 e. The van der Waals surface area contributed by atoms with Gasteiger partial charge in [-0.1, -0.05) is 13.0 Å². The number of urea groups is 1. The lowest BCUT2D eigenvalue weighted by atomic mass is 10.1. The number of hydrogen-bond donors (Lipinski definition) is 1. The molecule has 1 heterocycles. The predicted octanol–water partition coefficient (Wildman–Crippen LogP) is 3.21. The van der Waals surface area contributed by atoms with Crippen LogP contribution in [0, 0.1) is 0 Å². The molecule has 32 heavy (non-hydrogen) atoms. The van der Waals surface area contributed by atoms with Crippen LogP contribution >= 0.6 is 0 Å². The summed E-state index contributed by atoms with van der Waals surface area (Å²) in [7, 11) is 0. The van der Waals surface area contributed by atoms with Crippen molar-refractivity contribution in [3.05, 3.63) is 12.7 Å². The molecule has 1 N–H and O–H groups in total. The van der Waals surface area contributed by atoms with Crippen LogP contribution in [0.4, 0.5) is 22.8 Å². The highest BCUT2D eigenvalue weighted by molar-refractivity contribution is 6.01. The van der Waals surface area contributed by atoms with Crippen molar-refractivity contribution in [3.8, 4) is 0 Å². The number of halogens is 3. The smallest absolute Gasteiger partial charge is 0.429 e. The fraction of sp³-hybridized carbons (Fsp3) is 0.700. The van der Waals surface area contributed by atoms with Crippen molar-refractivity contribution in [2.75, 3.05) is 13.1 Å². The molecule has 12 heteroatoms. The summed E-state index contributed by atoms with van der Waals surface area (Å²) in [6, 6.07) is -3.68. The number of piperidine rings is 1. The van der Waals surface area contributed by atoms with Gasteiger partial charge in [0.25, 0.3) is 5.91 Å². The molecule has 1 aliphatic heterocycles. The third kappa shape index (κ3) is 7.72. The van der Waals surface area contributed by atoms with Crippen LogP contribution in [0.3, 0.4) is 0 Å². The molecule has 0 bridgehead atoms. The molecular formula is C20H31F3N4O5. The second kappa shape index (κ2) is 10.7. The average molecular weight is 464 g/mol. The Balaban J connectivity index is 3.52. The second-order valence-electron chi connectivity index (χ2n) is 8.42. The predicted molar refractivity (Wildman–Crippen MR) is 109 cm³/mol. The van der Waals surface area contributed by atoms with E-state index >= 15 is 0 Å². The van der Waals surface area contributed by atoms with Crippen molar-refractivity contribution in [1.29, 1.82) is 0 Å². The summed E-state index contributed by atoms with van der Waals surface area (Å²) < 4.78 is 45.1. The van der Waals surface area contributed by atoms with E-state index in [1.54, 1.807) is 27.7 Å². The fourth-order valence-electron chi connectivity index (χ4n) is 2.97. The number of carbonyl (C=O) groups excluding carboxylic acids is 4. The largest absolute Gasteiger partial charge is 0.442 e. The molecule has 5 amide bonds. The summed E-state index contributed by atoms with van der Waals surface area (Å²) in [5, 5.41) is 3.57. The van der Waals surface area contributed by atoms with Crippen molar-refractivity contribution >= 4 is 23.9 Å². The van der Waals surface area contributed by atoms with E-state index in [0.29, 0.717) is 16.3 Å². The number of nitrogens with zero attached hydrogens (tertiary/aromatic N) is 3. The molecule has 182 valence electrons. The maximum atomic E-state index is 13.4. The van der Waals surface area contributed by atoms with Gasteiger partial charge in [0.2, 0.25) is 5.91 Å². The average Bonchev–Trinajstić information content (AvgIpc) is 2.64. The summed E-state index contributed by atoms with van der Waals surface area (Å²) in [5.74, 6) is -1.47. The zero-order chi connectivity index (χ0) is 24.9. The Morgan fingerprint density at radius 3 is 2.31 bits per heavy atom. The first-order valence-corrected chi connectivity index (χ1v) is 10.2. The van der Waals surface area contributed by atoms with Gasteiger partial charge in [-0.15, -0.1) is 6.58 Å². The van der Waals surface area contributed by atoms with Gasteiger partial charge >= 0.3 is 18.3 Å². The zero-order valence-electron chi connectivity index (χ0n) is 19.0. The normalized spacial score (nSPS) is 17.8. The van der Waals surface area contributed by atoms with E-state index < -0.39 is 54.3 Å². The minimum Gasteiger partial charge on any atom is -0.442 e. The Hall–Kier alpha value is -2.79. The zero-order valence-corrected chi connectivity index (χ0v) is 19.0. The van der Waals surface area contributed by atoms with E-state index in [0.717, 1.165) is 11.1 Å². The highest BCUT2D eigenvalue weighted by atomic mass is 19.4. The van der Waals surface area contributed by atoms with Crippen LogP contribution in [0.15, 0.2) is 12.7 Å². The number of carbonyl (C=O) groups is 4. The van der Waals surface area contributed by atoms with E-state index in [2.05, 4.69) is 11.9 Å². The Labute approximate surface area is 185 Å². The Morgan fingerprint density at radius 1 is 1.28 bits per heavy atom. The molecule has 0 radical (unpaired) electrons. The van der Waals surface area contributed by atoms with Gasteiger partial charge in [0.15, 0.2) is 0 Å². The quantitative estimate of drug-likeness (QED) is 0.370. The summed E-state index contributed by atoms with van der Waals surface area (Å²) >= 11 is 0. The number of ether oxygens (including phenoxy) is 1. The third-order valence-electron chi connectivity index (χ3n) is 4.43. The Kier molecular flexibility index (Phi) is 9.10. The van der Waals surface area contributed by atoms with Gasteiger partial charge in [-0.2, -0.15) is 13.2 Å². The second-order valence-corrected chi connectivity index (χ2v) is 8.42. The molecule has 2 atom stereocenters. The lowest BCUT2D eigenvalue weighted by molar-refractivity contribution is -0.149. The number of amides is 5. The van der Waals surface area contributed by atoms with Crippen LogP contribution in [0.25, 0.3) is 0 Å². The number of rotatable bonds is 6. The summed E-state index contributed by atoms with van der Waals surface area (Å²) in [5.41, 5.74) is -0.970. The van der Waals surface area contributed by atoms with Crippen molar-refractivity contribution in [3.63, 3.8) is 0 Å². The lowest BCUT2D eigenvalue weighted by Gasteiger charge is -2.43.